The van der Waals surface area contributed by atoms with Crippen molar-refractivity contribution in [3.8, 4) is 23.0 Å². The summed E-state index contributed by atoms with van der Waals surface area (Å²) in [6.45, 7) is 0. The van der Waals surface area contributed by atoms with E-state index in [0.29, 0.717) is 39.3 Å². The van der Waals surface area contributed by atoms with Crippen LogP contribution >= 0.6 is 11.6 Å². The summed E-state index contributed by atoms with van der Waals surface area (Å²) in [6.07, 6.45) is 6.47. The van der Waals surface area contributed by atoms with Crippen LogP contribution < -0.4 is 24.3 Å². The summed E-state index contributed by atoms with van der Waals surface area (Å²) < 4.78 is 21.6. The number of nitrogens with zero attached hydrogens (tertiary/aromatic N) is 1. The summed E-state index contributed by atoms with van der Waals surface area (Å²) in [6, 6.07) is 12.5. The van der Waals surface area contributed by atoms with Gasteiger partial charge in [0.1, 0.15) is 0 Å². The number of carbonyl (C=O) groups is 1. The molecule has 10 heteroatoms. The third kappa shape index (κ3) is 6.59. The second-order valence-corrected chi connectivity index (χ2v) is 7.93. The standard InChI is InChI=1S/C27H25ClN2O7/c1-34-24-15-18(16-25(35-2)27(24)37-4)6-5-17-13-21(28)26(36-3)22(14-17)29-12-11-23(31)19-7-9-20(10-8-19)30(32)33/h5-16,29H,1-4H3. The molecule has 0 aliphatic heterocycles. The molecule has 0 heterocycles. The molecule has 37 heavy (non-hydrogen) atoms. The fraction of sp³-hybridized carbons (Fsp3) is 0.148. The highest BCUT2D eigenvalue weighted by atomic mass is 35.5. The molecule has 0 aliphatic rings. The minimum Gasteiger partial charge on any atom is -0.493 e. The molecule has 0 atom stereocenters. The van der Waals surface area contributed by atoms with Crippen LogP contribution in [0.2, 0.25) is 5.02 Å². The topological polar surface area (TPSA) is 109 Å². The van der Waals surface area contributed by atoms with Gasteiger partial charge in [-0.3, -0.25) is 14.9 Å². The summed E-state index contributed by atoms with van der Waals surface area (Å²) in [5.74, 6) is 1.63. The predicted molar refractivity (Wildman–Crippen MR) is 143 cm³/mol. The number of allylic oxidation sites excluding steroid dienone is 1. The van der Waals surface area contributed by atoms with Gasteiger partial charge >= 0.3 is 0 Å². The normalized spacial score (nSPS) is 10.9. The zero-order chi connectivity index (χ0) is 26.9. The third-order valence-electron chi connectivity index (χ3n) is 5.26. The van der Waals surface area contributed by atoms with E-state index in [-0.39, 0.29) is 11.5 Å². The van der Waals surface area contributed by atoms with Gasteiger partial charge in [0.2, 0.25) is 5.75 Å². The van der Waals surface area contributed by atoms with Crippen molar-refractivity contribution in [2.75, 3.05) is 33.8 Å². The van der Waals surface area contributed by atoms with E-state index < -0.39 is 4.92 Å². The summed E-state index contributed by atoms with van der Waals surface area (Å²) in [5, 5.41) is 14.2. The number of carbonyl (C=O) groups excluding carboxylic acids is 1. The van der Waals surface area contributed by atoms with Crippen molar-refractivity contribution < 1.29 is 28.7 Å². The number of nitro benzene ring substituents is 1. The van der Waals surface area contributed by atoms with Gasteiger partial charge in [0.15, 0.2) is 23.0 Å². The lowest BCUT2D eigenvalue weighted by molar-refractivity contribution is -0.384. The second-order valence-electron chi connectivity index (χ2n) is 7.52. The lowest BCUT2D eigenvalue weighted by atomic mass is 10.1. The maximum Gasteiger partial charge on any atom is 0.269 e. The van der Waals surface area contributed by atoms with Gasteiger partial charge < -0.3 is 24.3 Å². The van der Waals surface area contributed by atoms with Crippen LogP contribution in [0.3, 0.4) is 0 Å². The number of halogens is 1. The first-order valence-corrected chi connectivity index (χ1v) is 11.3. The van der Waals surface area contributed by atoms with E-state index in [1.807, 2.05) is 24.3 Å². The largest absolute Gasteiger partial charge is 0.493 e. The summed E-state index contributed by atoms with van der Waals surface area (Å²) in [7, 11) is 6.12. The summed E-state index contributed by atoms with van der Waals surface area (Å²) in [4.78, 5) is 22.7. The van der Waals surface area contributed by atoms with Crippen molar-refractivity contribution in [1.82, 2.24) is 0 Å². The highest BCUT2D eigenvalue weighted by Gasteiger charge is 2.13. The smallest absolute Gasteiger partial charge is 0.269 e. The number of hydrogen-bond donors (Lipinski definition) is 1. The Morgan fingerprint density at radius 1 is 0.865 bits per heavy atom. The minimum atomic E-state index is -0.523. The van der Waals surface area contributed by atoms with Gasteiger partial charge in [-0.15, -0.1) is 0 Å². The maximum atomic E-state index is 12.4. The molecule has 3 rings (SSSR count). The fourth-order valence-corrected chi connectivity index (χ4v) is 3.77. The quantitative estimate of drug-likeness (QED) is 0.103. The molecule has 0 bridgehead atoms. The van der Waals surface area contributed by atoms with Gasteiger partial charge in [-0.1, -0.05) is 23.8 Å². The van der Waals surface area contributed by atoms with Gasteiger partial charge in [-0.05, 0) is 47.5 Å². The van der Waals surface area contributed by atoms with E-state index in [1.165, 1.54) is 50.8 Å². The van der Waals surface area contributed by atoms with Crippen LogP contribution in [-0.4, -0.2) is 39.1 Å². The van der Waals surface area contributed by atoms with Crippen LogP contribution in [0.5, 0.6) is 23.0 Å². The van der Waals surface area contributed by atoms with E-state index >= 15 is 0 Å². The van der Waals surface area contributed by atoms with Gasteiger partial charge in [0, 0.05) is 30.0 Å². The zero-order valence-electron chi connectivity index (χ0n) is 20.6. The molecule has 0 aromatic heterocycles. The number of ether oxygens (including phenoxy) is 4. The molecule has 3 aromatic carbocycles. The average molecular weight is 525 g/mol. The monoisotopic (exact) mass is 524 g/mol. The lowest BCUT2D eigenvalue weighted by Gasteiger charge is -2.13. The fourth-order valence-electron chi connectivity index (χ4n) is 3.47. The van der Waals surface area contributed by atoms with Crippen LogP contribution in [-0.2, 0) is 0 Å². The second kappa shape index (κ2) is 12.5. The number of ketones is 1. The van der Waals surface area contributed by atoms with Crippen molar-refractivity contribution in [1.29, 1.82) is 0 Å². The van der Waals surface area contributed by atoms with Crippen LogP contribution in [0.25, 0.3) is 12.2 Å². The first kappa shape index (κ1) is 27.1. The van der Waals surface area contributed by atoms with Crippen LogP contribution in [0, 0.1) is 10.1 Å². The molecule has 0 saturated carbocycles. The minimum absolute atomic E-state index is 0.0885. The molecule has 1 N–H and O–H groups in total. The molecule has 0 spiro atoms. The molecule has 9 nitrogen and oxygen atoms in total. The van der Waals surface area contributed by atoms with Crippen molar-refractivity contribution in [2.24, 2.45) is 0 Å². The first-order valence-electron chi connectivity index (χ1n) is 10.9. The number of nitro groups is 1. The molecule has 0 saturated heterocycles. The first-order chi connectivity index (χ1) is 17.8. The van der Waals surface area contributed by atoms with Crippen LogP contribution in [0.1, 0.15) is 21.5 Å². The van der Waals surface area contributed by atoms with Gasteiger partial charge in [-0.2, -0.15) is 0 Å². The molecule has 0 radical (unpaired) electrons. The molecule has 0 aliphatic carbocycles. The zero-order valence-corrected chi connectivity index (χ0v) is 21.4. The predicted octanol–water partition coefficient (Wildman–Crippen LogP) is 6.26. The highest BCUT2D eigenvalue weighted by molar-refractivity contribution is 6.32. The van der Waals surface area contributed by atoms with Crippen molar-refractivity contribution in [3.05, 3.63) is 92.6 Å². The molecule has 0 amide bonds. The van der Waals surface area contributed by atoms with Crippen LogP contribution in [0.15, 0.2) is 60.8 Å². The number of methoxy groups -OCH3 is 4. The van der Waals surface area contributed by atoms with E-state index in [2.05, 4.69) is 5.32 Å². The van der Waals surface area contributed by atoms with Crippen molar-refractivity contribution >= 4 is 40.9 Å². The molecule has 0 fully saturated rings. The van der Waals surface area contributed by atoms with E-state index in [0.717, 1.165) is 11.1 Å². The van der Waals surface area contributed by atoms with E-state index in [9.17, 15) is 14.9 Å². The number of benzene rings is 3. The Labute approximate surface area is 219 Å². The molecular weight excluding hydrogens is 500 g/mol. The number of nitrogens with one attached hydrogen (secondary N) is 1. The van der Waals surface area contributed by atoms with Gasteiger partial charge in [0.25, 0.3) is 5.69 Å². The Balaban J connectivity index is 1.83. The maximum absolute atomic E-state index is 12.4. The van der Waals surface area contributed by atoms with Crippen LogP contribution in [0.4, 0.5) is 11.4 Å². The Kier molecular flexibility index (Phi) is 9.12. The SMILES string of the molecule is COc1cc(C=Cc2cc(Cl)c(OC)c(NC=CC(=O)c3ccc([N+](=O)[O-])cc3)c2)cc(OC)c1OC. The van der Waals surface area contributed by atoms with Crippen molar-refractivity contribution in [3.63, 3.8) is 0 Å². The average Bonchev–Trinajstić information content (AvgIpc) is 2.91. The number of non-ortho nitro benzene ring substituents is 1. The van der Waals surface area contributed by atoms with Gasteiger partial charge in [0.05, 0.1) is 44.1 Å². The Hall–Kier alpha value is -4.50. The summed E-state index contributed by atoms with van der Waals surface area (Å²) in [5.41, 5.74) is 2.33. The molecule has 0 unspecified atom stereocenters. The number of anilines is 1. The Morgan fingerprint density at radius 3 is 1.95 bits per heavy atom. The van der Waals surface area contributed by atoms with Crippen molar-refractivity contribution in [2.45, 2.75) is 0 Å². The van der Waals surface area contributed by atoms with E-state index in [4.69, 9.17) is 30.5 Å². The highest BCUT2D eigenvalue weighted by Crippen LogP contribution is 2.39. The number of rotatable bonds is 11. The lowest BCUT2D eigenvalue weighted by Crippen LogP contribution is -1.99. The third-order valence-corrected chi connectivity index (χ3v) is 5.54. The van der Waals surface area contributed by atoms with Gasteiger partial charge in [-0.25, -0.2) is 0 Å². The molecular formula is C27H25ClN2O7. The molecule has 192 valence electrons. The number of hydrogen-bond acceptors (Lipinski definition) is 8. The summed E-state index contributed by atoms with van der Waals surface area (Å²) >= 11 is 6.43. The Morgan fingerprint density at radius 2 is 1.43 bits per heavy atom. The molecule has 3 aromatic rings. The Bertz CT molecular complexity index is 1330. The van der Waals surface area contributed by atoms with E-state index in [1.54, 1.807) is 26.4 Å².